The molecular formula is C14H23F5O2S. The lowest BCUT2D eigenvalue weighted by molar-refractivity contribution is -0.284. The molecule has 2 nitrogen and oxygen atoms in total. The van der Waals surface area contributed by atoms with Crippen LogP contribution in [0, 0.1) is 5.92 Å². The standard InChI is InChI=1S/C14H23F5O2S/c1-10(2)9-21-12(20)11(3)22-8-6-4-5-7-13(15,16)14(17,18)19/h10-11H,4-9H2,1-3H3. The van der Waals surface area contributed by atoms with E-state index in [-0.39, 0.29) is 30.0 Å². The third kappa shape index (κ3) is 8.80. The molecule has 0 fully saturated rings. The first-order valence-electron chi connectivity index (χ1n) is 7.20. The van der Waals surface area contributed by atoms with Crippen LogP contribution < -0.4 is 0 Å². The molecule has 0 aromatic carbocycles. The Morgan fingerprint density at radius 1 is 1.05 bits per heavy atom. The molecule has 1 unspecified atom stereocenters. The fourth-order valence-electron chi connectivity index (χ4n) is 1.46. The van der Waals surface area contributed by atoms with Crippen LogP contribution >= 0.6 is 11.8 Å². The van der Waals surface area contributed by atoms with Crippen molar-refractivity contribution in [2.45, 2.75) is 63.8 Å². The summed E-state index contributed by atoms with van der Waals surface area (Å²) in [6.07, 6.45) is -6.10. The summed E-state index contributed by atoms with van der Waals surface area (Å²) in [4.78, 5) is 11.5. The van der Waals surface area contributed by atoms with Gasteiger partial charge < -0.3 is 4.74 Å². The highest BCUT2D eigenvalue weighted by Gasteiger charge is 2.56. The van der Waals surface area contributed by atoms with Gasteiger partial charge in [-0.15, -0.1) is 11.8 Å². The summed E-state index contributed by atoms with van der Waals surface area (Å²) in [6.45, 7) is 5.87. The van der Waals surface area contributed by atoms with Gasteiger partial charge in [-0.1, -0.05) is 20.3 Å². The Balaban J connectivity index is 3.75. The molecule has 8 heteroatoms. The lowest BCUT2D eigenvalue weighted by atomic mass is 10.1. The minimum atomic E-state index is -5.48. The molecule has 0 saturated heterocycles. The number of carbonyl (C=O) groups excluding carboxylic acids is 1. The average molecular weight is 350 g/mol. The molecular weight excluding hydrogens is 327 g/mol. The fraction of sp³-hybridized carbons (Fsp3) is 0.929. The topological polar surface area (TPSA) is 26.3 Å². The normalized spacial score (nSPS) is 14.2. The molecule has 0 radical (unpaired) electrons. The van der Waals surface area contributed by atoms with Gasteiger partial charge in [-0.25, -0.2) is 0 Å². The zero-order valence-corrected chi connectivity index (χ0v) is 13.8. The van der Waals surface area contributed by atoms with Gasteiger partial charge in [0.1, 0.15) is 0 Å². The number of unbranched alkanes of at least 4 members (excludes halogenated alkanes) is 2. The molecule has 132 valence electrons. The van der Waals surface area contributed by atoms with E-state index in [0.717, 1.165) is 0 Å². The predicted octanol–water partition coefficient (Wildman–Crippen LogP) is 5.07. The SMILES string of the molecule is CC(C)COC(=O)C(C)SCCCCCC(F)(F)C(F)(F)F. The van der Waals surface area contributed by atoms with Crippen molar-refractivity contribution in [2.75, 3.05) is 12.4 Å². The molecule has 0 saturated carbocycles. The first-order valence-corrected chi connectivity index (χ1v) is 8.25. The van der Waals surface area contributed by atoms with Gasteiger partial charge in [-0.05, 0) is 31.4 Å². The minimum absolute atomic E-state index is 0.195. The van der Waals surface area contributed by atoms with Crippen LogP contribution in [0.15, 0.2) is 0 Å². The summed E-state index contributed by atoms with van der Waals surface area (Å²) in [7, 11) is 0. The lowest BCUT2D eigenvalue weighted by Gasteiger charge is -2.19. The minimum Gasteiger partial charge on any atom is -0.465 e. The van der Waals surface area contributed by atoms with Gasteiger partial charge in [-0.3, -0.25) is 4.79 Å². The van der Waals surface area contributed by atoms with Gasteiger partial charge in [0.05, 0.1) is 11.9 Å². The highest BCUT2D eigenvalue weighted by molar-refractivity contribution is 8.00. The Hall–Kier alpha value is -0.530. The number of halogens is 5. The maximum atomic E-state index is 12.6. The molecule has 0 rings (SSSR count). The average Bonchev–Trinajstić information content (AvgIpc) is 2.38. The maximum Gasteiger partial charge on any atom is 0.453 e. The number of esters is 1. The summed E-state index contributed by atoms with van der Waals surface area (Å²) in [5.74, 6) is -4.18. The van der Waals surface area contributed by atoms with Crippen molar-refractivity contribution in [3.8, 4) is 0 Å². The Morgan fingerprint density at radius 3 is 2.14 bits per heavy atom. The summed E-state index contributed by atoms with van der Waals surface area (Å²) in [5.41, 5.74) is 0. The molecule has 0 amide bonds. The molecule has 0 N–H and O–H groups in total. The monoisotopic (exact) mass is 350 g/mol. The van der Waals surface area contributed by atoms with E-state index in [2.05, 4.69) is 0 Å². The van der Waals surface area contributed by atoms with Gasteiger partial charge >= 0.3 is 18.1 Å². The van der Waals surface area contributed by atoms with Gasteiger partial charge in [0.2, 0.25) is 0 Å². The highest BCUT2D eigenvalue weighted by atomic mass is 32.2. The maximum absolute atomic E-state index is 12.6. The number of hydrogen-bond donors (Lipinski definition) is 0. The van der Waals surface area contributed by atoms with E-state index >= 15 is 0 Å². The van der Waals surface area contributed by atoms with E-state index in [1.165, 1.54) is 11.8 Å². The predicted molar refractivity (Wildman–Crippen MR) is 77.2 cm³/mol. The van der Waals surface area contributed by atoms with Crippen LogP contribution in [0.3, 0.4) is 0 Å². The van der Waals surface area contributed by atoms with E-state index in [9.17, 15) is 26.7 Å². The number of thioether (sulfide) groups is 1. The van der Waals surface area contributed by atoms with Crippen LogP contribution in [0.5, 0.6) is 0 Å². The van der Waals surface area contributed by atoms with E-state index in [4.69, 9.17) is 4.74 Å². The summed E-state index contributed by atoms with van der Waals surface area (Å²) in [6, 6.07) is 0. The van der Waals surface area contributed by atoms with Crippen LogP contribution in [0.2, 0.25) is 0 Å². The first kappa shape index (κ1) is 21.5. The largest absolute Gasteiger partial charge is 0.465 e. The smallest absolute Gasteiger partial charge is 0.453 e. The van der Waals surface area contributed by atoms with Crippen molar-refractivity contribution in [1.29, 1.82) is 0 Å². The van der Waals surface area contributed by atoms with Crippen LogP contribution in [0.25, 0.3) is 0 Å². The number of carbonyl (C=O) groups is 1. The van der Waals surface area contributed by atoms with Gasteiger partial charge in [-0.2, -0.15) is 22.0 Å². The molecule has 0 bridgehead atoms. The molecule has 0 aliphatic rings. The lowest BCUT2D eigenvalue weighted by Crippen LogP contribution is -2.36. The number of ether oxygens (including phenoxy) is 1. The van der Waals surface area contributed by atoms with Gasteiger partial charge in [0.15, 0.2) is 0 Å². The Bertz CT molecular complexity index is 332. The molecule has 0 aliphatic carbocycles. The molecule has 0 heterocycles. The zero-order valence-electron chi connectivity index (χ0n) is 13.0. The quantitative estimate of drug-likeness (QED) is 0.313. The first-order chi connectivity index (χ1) is 9.97. The van der Waals surface area contributed by atoms with Crippen molar-refractivity contribution >= 4 is 17.7 Å². The summed E-state index contributed by atoms with van der Waals surface area (Å²) < 4.78 is 66.1. The molecule has 0 aromatic heterocycles. The number of hydrogen-bond acceptors (Lipinski definition) is 3. The Kier molecular flexibility index (Phi) is 9.34. The van der Waals surface area contributed by atoms with Crippen LogP contribution in [0.4, 0.5) is 22.0 Å². The molecule has 1 atom stereocenters. The van der Waals surface area contributed by atoms with Crippen molar-refractivity contribution in [3.05, 3.63) is 0 Å². The van der Waals surface area contributed by atoms with Crippen molar-refractivity contribution in [3.63, 3.8) is 0 Å². The number of rotatable bonds is 10. The van der Waals surface area contributed by atoms with Crippen LogP contribution in [-0.2, 0) is 9.53 Å². The highest BCUT2D eigenvalue weighted by Crippen LogP contribution is 2.39. The van der Waals surface area contributed by atoms with Gasteiger partial charge in [0.25, 0.3) is 0 Å². The van der Waals surface area contributed by atoms with Crippen molar-refractivity contribution < 1.29 is 31.5 Å². The molecule has 0 spiro atoms. The van der Waals surface area contributed by atoms with Crippen molar-refractivity contribution in [1.82, 2.24) is 0 Å². The van der Waals surface area contributed by atoms with E-state index in [1.54, 1.807) is 6.92 Å². The third-order valence-electron chi connectivity index (χ3n) is 2.81. The molecule has 0 aliphatic heterocycles. The van der Waals surface area contributed by atoms with Crippen LogP contribution in [-0.4, -0.2) is 35.7 Å². The summed E-state index contributed by atoms with van der Waals surface area (Å²) >= 11 is 1.32. The Labute approximate surface area is 132 Å². The van der Waals surface area contributed by atoms with E-state index in [0.29, 0.717) is 18.8 Å². The zero-order chi connectivity index (χ0) is 17.4. The molecule has 22 heavy (non-hydrogen) atoms. The van der Waals surface area contributed by atoms with Crippen LogP contribution in [0.1, 0.15) is 46.5 Å². The second kappa shape index (κ2) is 9.57. The fourth-order valence-corrected chi connectivity index (χ4v) is 2.39. The van der Waals surface area contributed by atoms with E-state index < -0.39 is 18.5 Å². The second-order valence-electron chi connectivity index (χ2n) is 5.55. The molecule has 0 aromatic rings. The number of alkyl halides is 5. The van der Waals surface area contributed by atoms with E-state index in [1.807, 2.05) is 13.8 Å². The Morgan fingerprint density at radius 2 is 1.64 bits per heavy atom. The summed E-state index contributed by atoms with van der Waals surface area (Å²) in [5, 5.41) is -0.365. The van der Waals surface area contributed by atoms with Crippen molar-refractivity contribution in [2.24, 2.45) is 5.92 Å². The third-order valence-corrected chi connectivity index (χ3v) is 4.03. The van der Waals surface area contributed by atoms with Gasteiger partial charge in [0, 0.05) is 6.42 Å². The second-order valence-corrected chi connectivity index (χ2v) is 7.00.